The van der Waals surface area contributed by atoms with E-state index in [1.54, 1.807) is 0 Å². The summed E-state index contributed by atoms with van der Waals surface area (Å²) >= 11 is 0. The molecule has 1 saturated carbocycles. The van der Waals surface area contributed by atoms with Crippen molar-refractivity contribution < 1.29 is 12.8 Å². The van der Waals surface area contributed by atoms with Crippen LogP contribution in [-0.4, -0.2) is 19.4 Å². The smallest absolute Gasteiger partial charge is 0.270 e. The lowest BCUT2D eigenvalue weighted by Crippen LogP contribution is -2.31. The molecule has 0 spiro atoms. The first-order valence-corrected chi connectivity index (χ1v) is 5.95. The number of hydrogen-bond acceptors (Lipinski definition) is 3. The van der Waals surface area contributed by atoms with Gasteiger partial charge in [-0.15, -0.1) is 0 Å². The minimum atomic E-state index is -3.55. The Morgan fingerprint density at radius 1 is 1.40 bits per heavy atom. The number of rotatable bonds is 4. The second kappa shape index (κ2) is 3.74. The molecule has 1 fully saturated rings. The molecule has 0 radical (unpaired) electrons. The Bertz CT molecular complexity index is 441. The molecule has 1 aliphatic carbocycles. The van der Waals surface area contributed by atoms with Gasteiger partial charge >= 0.3 is 0 Å². The molecule has 0 atom stereocenters. The molecule has 7 heteroatoms. The van der Waals surface area contributed by atoms with Crippen LogP contribution in [0.1, 0.15) is 12.8 Å². The van der Waals surface area contributed by atoms with E-state index in [4.69, 9.17) is 0 Å². The first kappa shape index (κ1) is 10.3. The molecule has 0 aliphatic heterocycles. The van der Waals surface area contributed by atoms with Crippen molar-refractivity contribution in [3.8, 4) is 0 Å². The molecule has 1 aromatic heterocycles. The van der Waals surface area contributed by atoms with Gasteiger partial charge in [0.1, 0.15) is 0 Å². The molecule has 0 bridgehead atoms. The molecule has 1 aromatic rings. The van der Waals surface area contributed by atoms with Crippen molar-refractivity contribution in [2.45, 2.75) is 18.9 Å². The summed E-state index contributed by atoms with van der Waals surface area (Å²) in [5, 5.41) is 0. The molecule has 0 amide bonds. The Kier molecular flexibility index (Phi) is 2.57. The lowest BCUT2D eigenvalue weighted by atomic mass is 10.4. The minimum Gasteiger partial charge on any atom is -0.270 e. The van der Waals surface area contributed by atoms with Gasteiger partial charge in [-0.25, -0.2) is 4.98 Å². The largest absolute Gasteiger partial charge is 0.299 e. The lowest BCUT2D eigenvalue weighted by molar-refractivity contribution is 0.581. The van der Waals surface area contributed by atoms with Crippen LogP contribution in [0, 0.1) is 5.95 Å². The summed E-state index contributed by atoms with van der Waals surface area (Å²) in [6.07, 6.45) is 2.85. The van der Waals surface area contributed by atoms with Crippen molar-refractivity contribution in [2.24, 2.45) is 0 Å². The van der Waals surface area contributed by atoms with Crippen LogP contribution in [0.25, 0.3) is 0 Å². The number of halogens is 1. The van der Waals surface area contributed by atoms with E-state index in [0.29, 0.717) is 0 Å². The number of hydrogen-bond donors (Lipinski definition) is 2. The predicted molar refractivity (Wildman–Crippen MR) is 52.9 cm³/mol. The molecular weight excluding hydrogens is 221 g/mol. The summed E-state index contributed by atoms with van der Waals surface area (Å²) in [4.78, 5) is 3.34. The summed E-state index contributed by atoms with van der Waals surface area (Å²) in [7, 11) is -3.55. The van der Waals surface area contributed by atoms with Gasteiger partial charge in [0.15, 0.2) is 0 Å². The van der Waals surface area contributed by atoms with E-state index < -0.39 is 16.2 Å². The zero-order valence-electron chi connectivity index (χ0n) is 7.77. The van der Waals surface area contributed by atoms with E-state index in [1.165, 1.54) is 6.07 Å². The number of nitrogens with zero attached hydrogens (tertiary/aromatic N) is 1. The standard InChI is InChI=1S/C8H10FN3O2S/c9-8-4-3-7(5-10-8)12-15(13,14)11-6-1-2-6/h3-6,11-12H,1-2H2. The molecule has 82 valence electrons. The molecule has 15 heavy (non-hydrogen) atoms. The van der Waals surface area contributed by atoms with Crippen LogP contribution in [0.4, 0.5) is 10.1 Å². The fraction of sp³-hybridized carbons (Fsp3) is 0.375. The summed E-state index contributed by atoms with van der Waals surface area (Å²) in [5.74, 6) is -0.645. The van der Waals surface area contributed by atoms with Crippen molar-refractivity contribution >= 4 is 15.9 Å². The Morgan fingerprint density at radius 3 is 2.67 bits per heavy atom. The SMILES string of the molecule is O=S(=O)(Nc1ccc(F)nc1)NC1CC1. The highest BCUT2D eigenvalue weighted by Gasteiger charge is 2.26. The van der Waals surface area contributed by atoms with Crippen molar-refractivity contribution in [2.75, 3.05) is 4.72 Å². The van der Waals surface area contributed by atoms with Crippen LogP contribution < -0.4 is 9.44 Å². The fourth-order valence-electron chi connectivity index (χ4n) is 1.04. The van der Waals surface area contributed by atoms with Gasteiger partial charge in [0.2, 0.25) is 5.95 Å². The molecular formula is C8H10FN3O2S. The molecule has 5 nitrogen and oxygen atoms in total. The first-order valence-electron chi connectivity index (χ1n) is 4.47. The fourth-order valence-corrected chi connectivity index (χ4v) is 2.21. The number of aromatic nitrogens is 1. The summed E-state index contributed by atoms with van der Waals surface area (Å²) in [6.45, 7) is 0. The van der Waals surface area contributed by atoms with E-state index >= 15 is 0 Å². The quantitative estimate of drug-likeness (QED) is 0.746. The van der Waals surface area contributed by atoms with Crippen LogP contribution in [-0.2, 0) is 10.2 Å². The number of nitrogens with one attached hydrogen (secondary N) is 2. The summed E-state index contributed by atoms with van der Waals surface area (Å²) in [6, 6.07) is 2.44. The second-order valence-corrected chi connectivity index (χ2v) is 4.81. The minimum absolute atomic E-state index is 0.0379. The monoisotopic (exact) mass is 231 g/mol. The van der Waals surface area contributed by atoms with Gasteiger partial charge in [-0.1, -0.05) is 0 Å². The topological polar surface area (TPSA) is 71.1 Å². The Morgan fingerprint density at radius 2 is 2.13 bits per heavy atom. The average Bonchev–Trinajstić information content (AvgIpc) is 2.91. The highest BCUT2D eigenvalue weighted by Crippen LogP contribution is 2.20. The van der Waals surface area contributed by atoms with E-state index in [0.717, 1.165) is 25.1 Å². The highest BCUT2D eigenvalue weighted by molar-refractivity contribution is 7.90. The second-order valence-electron chi connectivity index (χ2n) is 3.37. The Balaban J connectivity index is 2.03. The first-order chi connectivity index (χ1) is 7.05. The number of pyridine rings is 1. The molecule has 2 rings (SSSR count). The van der Waals surface area contributed by atoms with Gasteiger partial charge in [0.05, 0.1) is 11.9 Å². The van der Waals surface area contributed by atoms with Gasteiger partial charge in [0, 0.05) is 6.04 Å². The van der Waals surface area contributed by atoms with Crippen LogP contribution in [0.5, 0.6) is 0 Å². The van der Waals surface area contributed by atoms with Crippen LogP contribution in [0.15, 0.2) is 18.3 Å². The van der Waals surface area contributed by atoms with Crippen molar-refractivity contribution in [1.29, 1.82) is 0 Å². The van der Waals surface area contributed by atoms with Gasteiger partial charge in [-0.3, -0.25) is 4.72 Å². The van der Waals surface area contributed by atoms with E-state index in [1.807, 2.05) is 0 Å². The molecule has 1 aliphatic rings. The summed E-state index contributed by atoms with van der Waals surface area (Å²) in [5.41, 5.74) is 0.240. The van der Waals surface area contributed by atoms with Gasteiger partial charge < -0.3 is 0 Å². The molecule has 1 heterocycles. The summed E-state index contributed by atoms with van der Waals surface area (Å²) < 4.78 is 39.9. The van der Waals surface area contributed by atoms with E-state index in [2.05, 4.69) is 14.4 Å². The zero-order valence-corrected chi connectivity index (χ0v) is 8.59. The van der Waals surface area contributed by atoms with Crippen molar-refractivity contribution in [3.05, 3.63) is 24.3 Å². The molecule has 0 unspecified atom stereocenters. The van der Waals surface area contributed by atoms with E-state index in [-0.39, 0.29) is 11.7 Å². The van der Waals surface area contributed by atoms with Crippen molar-refractivity contribution in [3.63, 3.8) is 0 Å². The molecule has 2 N–H and O–H groups in total. The van der Waals surface area contributed by atoms with Crippen LogP contribution in [0.3, 0.4) is 0 Å². The van der Waals surface area contributed by atoms with Crippen LogP contribution >= 0.6 is 0 Å². The zero-order chi connectivity index (χ0) is 10.9. The van der Waals surface area contributed by atoms with Crippen molar-refractivity contribution in [1.82, 2.24) is 9.71 Å². The maximum Gasteiger partial charge on any atom is 0.299 e. The lowest BCUT2D eigenvalue weighted by Gasteiger charge is -2.07. The molecule has 0 aromatic carbocycles. The highest BCUT2D eigenvalue weighted by atomic mass is 32.2. The Labute approximate surface area is 86.9 Å². The molecule has 0 saturated heterocycles. The number of anilines is 1. The predicted octanol–water partition coefficient (Wildman–Crippen LogP) is 0.629. The van der Waals surface area contributed by atoms with E-state index in [9.17, 15) is 12.8 Å². The maximum atomic E-state index is 12.4. The van der Waals surface area contributed by atoms with Gasteiger partial charge in [0.25, 0.3) is 10.2 Å². The third-order valence-electron chi connectivity index (χ3n) is 1.88. The average molecular weight is 231 g/mol. The van der Waals surface area contributed by atoms with Crippen LogP contribution in [0.2, 0.25) is 0 Å². The maximum absolute atomic E-state index is 12.4. The van der Waals surface area contributed by atoms with Gasteiger partial charge in [-0.2, -0.15) is 17.5 Å². The third-order valence-corrected chi connectivity index (χ3v) is 3.03. The third kappa shape index (κ3) is 3.14. The van der Waals surface area contributed by atoms with Gasteiger partial charge in [-0.05, 0) is 25.0 Å². The normalized spacial score (nSPS) is 16.3. The Hall–Kier alpha value is -1.21.